The molecule has 1 saturated heterocycles. The van der Waals surface area contributed by atoms with Gasteiger partial charge in [-0.05, 0) is 6.92 Å². The summed E-state index contributed by atoms with van der Waals surface area (Å²) in [7, 11) is 3.71. The minimum Gasteiger partial charge on any atom is -0.377 e. The summed E-state index contributed by atoms with van der Waals surface area (Å²) in [4.78, 5) is 3.77. The van der Waals surface area contributed by atoms with Crippen LogP contribution in [-0.2, 0) is 4.74 Å². The third-order valence-electron chi connectivity index (χ3n) is 2.36. The Bertz CT molecular complexity index is 265. The Balaban J connectivity index is 2.63. The first-order chi connectivity index (χ1) is 7.02. The summed E-state index contributed by atoms with van der Waals surface area (Å²) in [6.45, 7) is 4.16. The average Bonchev–Trinajstić information content (AvgIpc) is 2.18. The van der Waals surface area contributed by atoms with Crippen LogP contribution in [0.1, 0.15) is 6.92 Å². The Hall–Kier alpha value is -0.740. The van der Waals surface area contributed by atoms with Gasteiger partial charge in [-0.25, -0.2) is 0 Å². The highest BCUT2D eigenvalue weighted by Gasteiger charge is 2.20. The minimum atomic E-state index is 0.245. The molecule has 0 aromatic heterocycles. The van der Waals surface area contributed by atoms with Gasteiger partial charge in [0.25, 0.3) is 0 Å². The number of hydrogen-bond donors (Lipinski definition) is 1. The fourth-order valence-corrected chi connectivity index (χ4v) is 1.51. The highest BCUT2D eigenvalue weighted by atomic mass is 35.5. The number of ether oxygens (including phenoxy) is 1. The molecule has 4 nitrogen and oxygen atoms in total. The molecule has 15 heavy (non-hydrogen) atoms. The van der Waals surface area contributed by atoms with E-state index in [0.717, 1.165) is 6.54 Å². The largest absolute Gasteiger partial charge is 0.377 e. The molecule has 0 bridgehead atoms. The molecular formula is C10H18ClN3O. The Morgan fingerprint density at radius 3 is 2.80 bits per heavy atom. The predicted molar refractivity (Wildman–Crippen MR) is 62.3 cm³/mol. The first-order valence-corrected chi connectivity index (χ1v) is 5.37. The zero-order chi connectivity index (χ0) is 11.4. The number of halogens is 1. The lowest BCUT2D eigenvalue weighted by Crippen LogP contribution is -2.46. The van der Waals surface area contributed by atoms with Gasteiger partial charge >= 0.3 is 0 Å². The first-order valence-electron chi connectivity index (χ1n) is 5.00. The Kier molecular flexibility index (Phi) is 4.42. The third kappa shape index (κ3) is 3.39. The molecule has 0 amide bonds. The van der Waals surface area contributed by atoms with E-state index >= 15 is 0 Å². The van der Waals surface area contributed by atoms with Crippen molar-refractivity contribution in [3.63, 3.8) is 0 Å². The lowest BCUT2D eigenvalue weighted by Gasteiger charge is -2.34. The second-order valence-electron chi connectivity index (χ2n) is 3.86. The van der Waals surface area contributed by atoms with Gasteiger partial charge in [0.15, 0.2) is 0 Å². The maximum Gasteiger partial charge on any atom is 0.124 e. The van der Waals surface area contributed by atoms with Crippen LogP contribution in [0.15, 0.2) is 11.2 Å². The highest BCUT2D eigenvalue weighted by Crippen LogP contribution is 2.10. The van der Waals surface area contributed by atoms with E-state index in [2.05, 4.69) is 0 Å². The number of rotatable bonds is 2. The second-order valence-corrected chi connectivity index (χ2v) is 4.25. The van der Waals surface area contributed by atoms with Crippen molar-refractivity contribution in [3.05, 3.63) is 11.2 Å². The maximum absolute atomic E-state index is 7.92. The van der Waals surface area contributed by atoms with E-state index in [1.807, 2.05) is 25.9 Å². The average molecular weight is 232 g/mol. The lowest BCUT2D eigenvalue weighted by atomic mass is 10.2. The fraction of sp³-hybridized carbons (Fsp3) is 0.700. The van der Waals surface area contributed by atoms with Crippen molar-refractivity contribution in [1.29, 1.82) is 5.41 Å². The van der Waals surface area contributed by atoms with Gasteiger partial charge in [-0.2, -0.15) is 0 Å². The Morgan fingerprint density at radius 2 is 2.27 bits per heavy atom. The summed E-state index contributed by atoms with van der Waals surface area (Å²) in [5.41, 5.74) is 0. The van der Waals surface area contributed by atoms with Crippen molar-refractivity contribution < 1.29 is 4.74 Å². The van der Waals surface area contributed by atoms with E-state index in [1.165, 1.54) is 0 Å². The summed E-state index contributed by atoms with van der Waals surface area (Å²) < 4.78 is 5.31. The molecular weight excluding hydrogens is 214 g/mol. The lowest BCUT2D eigenvalue weighted by molar-refractivity contribution is 0.0333. The molecule has 1 fully saturated rings. The Morgan fingerprint density at radius 1 is 1.60 bits per heavy atom. The Labute approximate surface area is 96.0 Å². The molecule has 1 rings (SSSR count). The summed E-state index contributed by atoms with van der Waals surface area (Å²) in [6, 6.07) is 0.245. The van der Waals surface area contributed by atoms with Gasteiger partial charge in [-0.3, -0.25) is 5.41 Å². The normalized spacial score (nSPS) is 22.8. The number of nitrogens with zero attached hydrogens (tertiary/aromatic N) is 2. The molecule has 0 spiro atoms. The number of hydrogen-bond acceptors (Lipinski definition) is 3. The molecule has 0 unspecified atom stereocenters. The van der Waals surface area contributed by atoms with Gasteiger partial charge in [0.1, 0.15) is 11.0 Å². The first kappa shape index (κ1) is 12.3. The van der Waals surface area contributed by atoms with Gasteiger partial charge in [-0.15, -0.1) is 0 Å². The number of nitrogens with one attached hydrogen (secondary N) is 1. The molecule has 0 radical (unpaired) electrons. The molecule has 1 aliphatic rings. The van der Waals surface area contributed by atoms with E-state index < -0.39 is 0 Å². The quantitative estimate of drug-likeness (QED) is 0.443. The van der Waals surface area contributed by atoms with Crippen molar-refractivity contribution in [1.82, 2.24) is 9.80 Å². The van der Waals surface area contributed by atoms with E-state index in [-0.39, 0.29) is 6.04 Å². The van der Waals surface area contributed by atoms with Crippen LogP contribution in [-0.4, -0.2) is 55.5 Å². The van der Waals surface area contributed by atoms with E-state index in [4.69, 9.17) is 21.7 Å². The third-order valence-corrected chi connectivity index (χ3v) is 2.81. The summed E-state index contributed by atoms with van der Waals surface area (Å²) in [5, 5.41) is 8.49. The molecule has 0 aromatic carbocycles. The zero-order valence-electron chi connectivity index (χ0n) is 9.46. The molecule has 5 heteroatoms. The molecule has 1 aliphatic heterocycles. The van der Waals surface area contributed by atoms with E-state index in [9.17, 15) is 0 Å². The highest BCUT2D eigenvalue weighted by molar-refractivity contribution is 6.30. The molecule has 0 saturated carbocycles. The van der Waals surface area contributed by atoms with Crippen molar-refractivity contribution in [3.8, 4) is 0 Å². The van der Waals surface area contributed by atoms with Crippen molar-refractivity contribution >= 4 is 17.4 Å². The van der Waals surface area contributed by atoms with Gasteiger partial charge < -0.3 is 14.5 Å². The van der Waals surface area contributed by atoms with Crippen LogP contribution in [0.25, 0.3) is 0 Å². The predicted octanol–water partition coefficient (Wildman–Crippen LogP) is 1.33. The summed E-state index contributed by atoms with van der Waals surface area (Å²) >= 11 is 5.97. The standard InChI is InChI=1S/C10H18ClN3O/c1-8-7-15-5-4-14(8)10(12)6-9(11)13(2)3/h6,8,12H,4-5,7H2,1-3H3/b9-6-,12-10?/t8-/m1/s1. The monoisotopic (exact) mass is 231 g/mol. The minimum absolute atomic E-state index is 0.245. The topological polar surface area (TPSA) is 39.6 Å². The van der Waals surface area contributed by atoms with Crippen LogP contribution in [0, 0.1) is 5.41 Å². The van der Waals surface area contributed by atoms with Gasteiger partial charge in [0, 0.05) is 26.7 Å². The number of morpholine rings is 1. The van der Waals surface area contributed by atoms with Crippen LogP contribution >= 0.6 is 11.6 Å². The van der Waals surface area contributed by atoms with Crippen LogP contribution in [0.2, 0.25) is 0 Å². The SMILES string of the molecule is C[C@@H]1COCCN1C(=N)/C=C(/Cl)N(C)C. The van der Waals surface area contributed by atoms with Crippen LogP contribution in [0.4, 0.5) is 0 Å². The molecule has 0 aliphatic carbocycles. The number of amidine groups is 1. The van der Waals surface area contributed by atoms with E-state index in [0.29, 0.717) is 24.2 Å². The van der Waals surface area contributed by atoms with Gasteiger partial charge in [0.05, 0.1) is 19.3 Å². The molecule has 1 atom stereocenters. The van der Waals surface area contributed by atoms with Gasteiger partial charge in [-0.1, -0.05) is 11.6 Å². The zero-order valence-corrected chi connectivity index (χ0v) is 10.2. The van der Waals surface area contributed by atoms with Crippen molar-refractivity contribution in [2.75, 3.05) is 33.9 Å². The molecule has 0 aromatic rings. The smallest absolute Gasteiger partial charge is 0.124 e. The van der Waals surface area contributed by atoms with Crippen LogP contribution in [0.3, 0.4) is 0 Å². The molecule has 1 heterocycles. The maximum atomic E-state index is 7.92. The molecule has 86 valence electrons. The van der Waals surface area contributed by atoms with Crippen LogP contribution in [0.5, 0.6) is 0 Å². The van der Waals surface area contributed by atoms with Crippen molar-refractivity contribution in [2.45, 2.75) is 13.0 Å². The summed E-state index contributed by atoms with van der Waals surface area (Å²) in [5.74, 6) is 0.449. The fourth-order valence-electron chi connectivity index (χ4n) is 1.41. The van der Waals surface area contributed by atoms with E-state index in [1.54, 1.807) is 11.0 Å². The van der Waals surface area contributed by atoms with Crippen molar-refractivity contribution in [2.24, 2.45) is 0 Å². The second kappa shape index (κ2) is 5.37. The van der Waals surface area contributed by atoms with Crippen LogP contribution < -0.4 is 0 Å². The molecule has 1 N–H and O–H groups in total. The summed E-state index contributed by atoms with van der Waals surface area (Å²) in [6.07, 6.45) is 1.67. The van der Waals surface area contributed by atoms with Gasteiger partial charge in [0.2, 0.25) is 0 Å².